The van der Waals surface area contributed by atoms with Crippen molar-refractivity contribution >= 4 is 5.91 Å². The fourth-order valence-corrected chi connectivity index (χ4v) is 3.65. The highest BCUT2D eigenvalue weighted by molar-refractivity contribution is 5.73. The summed E-state index contributed by atoms with van der Waals surface area (Å²) < 4.78 is 0. The van der Waals surface area contributed by atoms with Crippen LogP contribution in [0.4, 0.5) is 0 Å². The zero-order chi connectivity index (χ0) is 23.7. The molecule has 0 saturated heterocycles. The Morgan fingerprint density at radius 1 is 0.719 bits per heavy atom. The van der Waals surface area contributed by atoms with E-state index in [9.17, 15) is 15.0 Å². The Kier molecular flexibility index (Phi) is 23.2. The van der Waals surface area contributed by atoms with E-state index in [0.29, 0.717) is 0 Å². The van der Waals surface area contributed by atoms with Gasteiger partial charge in [-0.2, -0.15) is 0 Å². The molecule has 186 valence electrons. The van der Waals surface area contributed by atoms with Crippen molar-refractivity contribution in [3.8, 4) is 0 Å². The normalized spacial score (nSPS) is 14.0. The fourth-order valence-electron chi connectivity index (χ4n) is 3.65. The van der Waals surface area contributed by atoms with Gasteiger partial charge in [0.25, 0.3) is 0 Å². The van der Waals surface area contributed by atoms with E-state index in [0.717, 1.165) is 25.7 Å². The van der Waals surface area contributed by atoms with Gasteiger partial charge in [0.05, 0.1) is 18.8 Å². The number of unbranched alkanes of at least 4 members (excludes halogenated alkanes) is 13. The minimum atomic E-state index is -0.863. The number of hydrogen-bond donors (Lipinski definition) is 3. The first-order chi connectivity index (χ1) is 15.6. The van der Waals surface area contributed by atoms with E-state index in [1.54, 1.807) is 6.08 Å². The van der Waals surface area contributed by atoms with Crippen LogP contribution in [0, 0.1) is 0 Å². The Labute approximate surface area is 198 Å². The third kappa shape index (κ3) is 21.8. The van der Waals surface area contributed by atoms with Crippen LogP contribution in [0.5, 0.6) is 0 Å². The zero-order valence-corrected chi connectivity index (χ0v) is 20.9. The van der Waals surface area contributed by atoms with Crippen molar-refractivity contribution < 1.29 is 15.0 Å². The Balaban J connectivity index is 3.48. The molecule has 0 aliphatic heterocycles. The maximum atomic E-state index is 11.0. The van der Waals surface area contributed by atoms with Crippen molar-refractivity contribution in [3.05, 3.63) is 36.5 Å². The average Bonchev–Trinajstić information content (AvgIpc) is 2.78. The number of hydrogen-bond acceptors (Lipinski definition) is 3. The molecule has 0 aromatic heterocycles. The Morgan fingerprint density at radius 2 is 1.16 bits per heavy atom. The first-order valence-corrected chi connectivity index (χ1v) is 13.1. The second-order valence-electron chi connectivity index (χ2n) is 8.83. The monoisotopic (exact) mass is 449 g/mol. The summed E-state index contributed by atoms with van der Waals surface area (Å²) in [4.78, 5) is 11.0. The number of aliphatic hydroxyl groups is 2. The number of carbonyl (C=O) groups excluding carboxylic acids is 1. The van der Waals surface area contributed by atoms with Gasteiger partial charge >= 0.3 is 0 Å². The van der Waals surface area contributed by atoms with Gasteiger partial charge in [0.15, 0.2) is 0 Å². The first kappa shape index (κ1) is 30.6. The minimum Gasteiger partial charge on any atom is -0.394 e. The van der Waals surface area contributed by atoms with Crippen LogP contribution >= 0.6 is 0 Å². The summed E-state index contributed by atoms with van der Waals surface area (Å²) in [5, 5.41) is 21.7. The molecule has 0 spiro atoms. The van der Waals surface area contributed by atoms with Crippen LogP contribution in [0.15, 0.2) is 36.5 Å². The lowest BCUT2D eigenvalue weighted by atomic mass is 10.1. The molecule has 32 heavy (non-hydrogen) atoms. The highest BCUT2D eigenvalue weighted by atomic mass is 16.3. The summed E-state index contributed by atoms with van der Waals surface area (Å²) in [7, 11) is 0. The van der Waals surface area contributed by atoms with Crippen LogP contribution in [0.25, 0.3) is 0 Å². The van der Waals surface area contributed by atoms with E-state index < -0.39 is 12.1 Å². The predicted molar refractivity (Wildman–Crippen MR) is 138 cm³/mol. The van der Waals surface area contributed by atoms with Gasteiger partial charge in [-0.3, -0.25) is 4.79 Å². The molecule has 2 atom stereocenters. The first-order valence-electron chi connectivity index (χ1n) is 13.1. The maximum absolute atomic E-state index is 11.0. The number of nitrogens with one attached hydrogen (secondary N) is 1. The standard InChI is InChI=1S/C28H51NO3/c1-3-4-5-6-7-8-9-10-11-12-13-14-15-16-17-18-19-20-21-22-23-24-28(32)27(25-30)29-26(2)31/h15-16,19-20,23-24,27-28,30,32H,3-14,17-18,21-22,25H2,1-2H3,(H,29,31)/b16-15+,20-19+,24-23+. The quantitative estimate of drug-likeness (QED) is 0.126. The van der Waals surface area contributed by atoms with Gasteiger partial charge in [-0.1, -0.05) is 108 Å². The zero-order valence-electron chi connectivity index (χ0n) is 20.9. The third-order valence-electron chi connectivity index (χ3n) is 5.64. The van der Waals surface area contributed by atoms with Crippen LogP contribution in [0.1, 0.15) is 117 Å². The van der Waals surface area contributed by atoms with Gasteiger partial charge in [0.1, 0.15) is 0 Å². The molecule has 0 saturated carbocycles. The van der Waals surface area contributed by atoms with Crippen molar-refractivity contribution in [3.63, 3.8) is 0 Å². The van der Waals surface area contributed by atoms with Gasteiger partial charge in [0, 0.05) is 6.92 Å². The Bertz CT molecular complexity index is 499. The highest BCUT2D eigenvalue weighted by Crippen LogP contribution is 2.12. The number of rotatable bonds is 22. The molecule has 0 aliphatic carbocycles. The summed E-state index contributed by atoms with van der Waals surface area (Å²) in [6.45, 7) is 3.37. The van der Waals surface area contributed by atoms with Crippen molar-refractivity contribution in [2.45, 2.75) is 129 Å². The van der Waals surface area contributed by atoms with Gasteiger partial charge < -0.3 is 15.5 Å². The van der Waals surface area contributed by atoms with Gasteiger partial charge in [-0.05, 0) is 38.5 Å². The molecule has 1 amide bonds. The molecule has 4 heteroatoms. The van der Waals surface area contributed by atoms with Crippen LogP contribution in [-0.4, -0.2) is 34.9 Å². The van der Waals surface area contributed by atoms with Crippen molar-refractivity contribution in [1.29, 1.82) is 0 Å². The number of carbonyl (C=O) groups is 1. The van der Waals surface area contributed by atoms with Crippen LogP contribution < -0.4 is 5.32 Å². The number of aliphatic hydroxyl groups excluding tert-OH is 2. The van der Waals surface area contributed by atoms with E-state index in [-0.39, 0.29) is 12.5 Å². The van der Waals surface area contributed by atoms with Gasteiger partial charge in [-0.15, -0.1) is 0 Å². The number of amides is 1. The summed E-state index contributed by atoms with van der Waals surface area (Å²) in [6, 6.07) is -0.642. The Morgan fingerprint density at radius 3 is 1.62 bits per heavy atom. The molecular weight excluding hydrogens is 398 g/mol. The lowest BCUT2D eigenvalue weighted by Crippen LogP contribution is -2.44. The molecule has 0 heterocycles. The molecule has 0 radical (unpaired) electrons. The van der Waals surface area contributed by atoms with Crippen molar-refractivity contribution in [1.82, 2.24) is 5.32 Å². The molecule has 4 nitrogen and oxygen atoms in total. The second-order valence-corrected chi connectivity index (χ2v) is 8.83. The lowest BCUT2D eigenvalue weighted by molar-refractivity contribution is -0.120. The molecule has 0 aromatic carbocycles. The largest absolute Gasteiger partial charge is 0.394 e. The van der Waals surface area contributed by atoms with E-state index in [1.807, 2.05) is 6.08 Å². The highest BCUT2D eigenvalue weighted by Gasteiger charge is 2.15. The minimum absolute atomic E-state index is 0.257. The van der Waals surface area contributed by atoms with Gasteiger partial charge in [0.2, 0.25) is 5.91 Å². The molecule has 0 fully saturated rings. The molecule has 2 unspecified atom stereocenters. The van der Waals surface area contributed by atoms with Crippen LogP contribution in [-0.2, 0) is 4.79 Å². The molecule has 0 aliphatic rings. The van der Waals surface area contributed by atoms with Crippen molar-refractivity contribution in [2.24, 2.45) is 0 Å². The summed E-state index contributed by atoms with van der Waals surface area (Å²) >= 11 is 0. The molecule has 0 rings (SSSR count). The van der Waals surface area contributed by atoms with E-state index >= 15 is 0 Å². The molecule has 3 N–H and O–H groups in total. The van der Waals surface area contributed by atoms with Crippen LogP contribution in [0.3, 0.4) is 0 Å². The lowest BCUT2D eigenvalue weighted by Gasteiger charge is -2.18. The summed E-state index contributed by atoms with van der Waals surface area (Å²) in [5.74, 6) is -0.257. The number of allylic oxidation sites excluding steroid dienone is 5. The SMILES string of the molecule is CCCCCCCCCCCCC/C=C/CC/C=C/CC/C=C/C(O)C(CO)NC(C)=O. The summed E-state index contributed by atoms with van der Waals surface area (Å²) in [5.41, 5.74) is 0. The Hall–Kier alpha value is -1.39. The topological polar surface area (TPSA) is 69.6 Å². The van der Waals surface area contributed by atoms with E-state index in [2.05, 4.69) is 36.5 Å². The fraction of sp³-hybridized carbons (Fsp3) is 0.750. The molecule has 0 aromatic rings. The van der Waals surface area contributed by atoms with Gasteiger partial charge in [-0.25, -0.2) is 0 Å². The second kappa shape index (κ2) is 24.3. The smallest absolute Gasteiger partial charge is 0.217 e. The average molecular weight is 450 g/mol. The third-order valence-corrected chi connectivity index (χ3v) is 5.64. The van der Waals surface area contributed by atoms with E-state index in [4.69, 9.17) is 0 Å². The van der Waals surface area contributed by atoms with Crippen molar-refractivity contribution in [2.75, 3.05) is 6.61 Å². The maximum Gasteiger partial charge on any atom is 0.217 e. The van der Waals surface area contributed by atoms with E-state index in [1.165, 1.54) is 84.0 Å². The summed E-state index contributed by atoms with van der Waals surface area (Å²) in [6.07, 6.45) is 32.2. The molecule has 0 bridgehead atoms. The molecular formula is C28H51NO3. The predicted octanol–water partition coefficient (Wildman–Crippen LogP) is 6.77. The van der Waals surface area contributed by atoms with Crippen LogP contribution in [0.2, 0.25) is 0 Å².